The molecule has 7 heteroatoms. The van der Waals surface area contributed by atoms with Gasteiger partial charge in [-0.3, -0.25) is 14.4 Å². The number of carboxylic acid groups (broad SMARTS) is 1. The number of aromatic nitrogens is 1. The summed E-state index contributed by atoms with van der Waals surface area (Å²) in [5.74, 6) is -1.51. The van der Waals surface area contributed by atoms with Gasteiger partial charge in [-0.25, -0.2) is 0 Å². The molecule has 166 valence electrons. The Balaban J connectivity index is 1.58. The molecule has 3 aromatic rings. The number of anilines is 1. The van der Waals surface area contributed by atoms with Crippen LogP contribution in [0.15, 0.2) is 53.5 Å². The van der Waals surface area contributed by atoms with Crippen molar-refractivity contribution in [2.45, 2.75) is 32.7 Å². The van der Waals surface area contributed by atoms with E-state index in [0.717, 1.165) is 22.1 Å². The van der Waals surface area contributed by atoms with Gasteiger partial charge in [0.05, 0.1) is 5.92 Å². The van der Waals surface area contributed by atoms with Crippen LogP contribution in [0.5, 0.6) is 0 Å². The number of carboxylic acids is 1. The first-order valence-electron chi connectivity index (χ1n) is 10.8. The lowest BCUT2D eigenvalue weighted by atomic mass is 9.97. The minimum absolute atomic E-state index is 0.140. The molecule has 0 radical (unpaired) electrons. The highest BCUT2D eigenvalue weighted by Crippen LogP contribution is 2.30. The molecule has 1 fully saturated rings. The van der Waals surface area contributed by atoms with Gasteiger partial charge in [-0.2, -0.15) is 0 Å². The Bertz CT molecular complexity index is 1230. The summed E-state index contributed by atoms with van der Waals surface area (Å²) in [6, 6.07) is 13.0. The average Bonchev–Trinajstić information content (AvgIpc) is 2.80. The molecule has 0 saturated carbocycles. The minimum atomic E-state index is -0.860. The van der Waals surface area contributed by atoms with E-state index < -0.39 is 17.9 Å². The van der Waals surface area contributed by atoms with Gasteiger partial charge in [-0.05, 0) is 55.3 Å². The highest BCUT2D eigenvalue weighted by molar-refractivity contribution is 5.98. The third-order valence-electron chi connectivity index (χ3n) is 6.17. The third kappa shape index (κ3) is 4.23. The lowest BCUT2D eigenvalue weighted by Crippen LogP contribution is -2.47. The molecule has 1 aromatic heterocycles. The second-order valence-corrected chi connectivity index (χ2v) is 8.43. The number of nitrogens with zero attached hydrogens (tertiary/aromatic N) is 1. The summed E-state index contributed by atoms with van der Waals surface area (Å²) in [5.41, 5.74) is 3.58. The molecule has 2 atom stereocenters. The summed E-state index contributed by atoms with van der Waals surface area (Å²) < 4.78 is 0. The predicted molar refractivity (Wildman–Crippen MR) is 125 cm³/mol. The number of nitrogens with one attached hydrogen (secondary N) is 2. The van der Waals surface area contributed by atoms with Gasteiger partial charge in [0.1, 0.15) is 6.04 Å². The standard InChI is InChI=1S/C25H27N3O4/c1-15-6-3-4-8-19(15)22-13-26-23(29)21-12-18(9-10-20(21)22)27-16(2)24(30)28-11-5-7-17(14-28)25(31)32/h3-4,6,8-10,12-13,16-17,27H,5,7,11,14H2,1-2H3,(H,26,29)(H,31,32)/t16-,17+/m1/s1. The van der Waals surface area contributed by atoms with E-state index in [0.29, 0.717) is 30.5 Å². The van der Waals surface area contributed by atoms with Crippen LogP contribution in [-0.2, 0) is 9.59 Å². The molecule has 1 aliphatic heterocycles. The second-order valence-electron chi connectivity index (χ2n) is 8.43. The number of aliphatic carboxylic acids is 1. The van der Waals surface area contributed by atoms with Crippen LogP contribution < -0.4 is 10.9 Å². The fourth-order valence-corrected chi connectivity index (χ4v) is 4.41. The molecule has 2 heterocycles. The first kappa shape index (κ1) is 21.6. The summed E-state index contributed by atoms with van der Waals surface area (Å²) in [4.78, 5) is 41.2. The van der Waals surface area contributed by atoms with Gasteiger partial charge in [0.15, 0.2) is 0 Å². The number of rotatable bonds is 5. The van der Waals surface area contributed by atoms with Crippen LogP contribution >= 0.6 is 0 Å². The van der Waals surface area contributed by atoms with Crippen LogP contribution in [-0.4, -0.2) is 46.0 Å². The SMILES string of the molecule is Cc1ccccc1-c1c[nH]c(=O)c2cc(N[C@H](C)C(=O)N3CCC[C@H](C(=O)O)C3)ccc12. The molecule has 2 aromatic carbocycles. The Morgan fingerprint density at radius 1 is 1.16 bits per heavy atom. The van der Waals surface area contributed by atoms with Crippen LogP contribution in [0.2, 0.25) is 0 Å². The molecule has 4 rings (SSSR count). The number of pyridine rings is 1. The molecule has 0 bridgehead atoms. The Morgan fingerprint density at radius 3 is 2.69 bits per heavy atom. The summed E-state index contributed by atoms with van der Waals surface area (Å²) >= 11 is 0. The van der Waals surface area contributed by atoms with Crippen molar-refractivity contribution in [3.05, 3.63) is 64.6 Å². The second kappa shape index (κ2) is 8.86. The zero-order valence-electron chi connectivity index (χ0n) is 18.2. The zero-order chi connectivity index (χ0) is 22.8. The number of hydrogen-bond acceptors (Lipinski definition) is 4. The van der Waals surface area contributed by atoms with Gasteiger partial charge in [-0.15, -0.1) is 0 Å². The molecule has 7 nitrogen and oxygen atoms in total. The Labute approximate surface area is 186 Å². The molecule has 1 aliphatic rings. The maximum Gasteiger partial charge on any atom is 0.308 e. The van der Waals surface area contributed by atoms with Crippen LogP contribution in [0, 0.1) is 12.8 Å². The first-order valence-corrected chi connectivity index (χ1v) is 10.8. The molecular weight excluding hydrogens is 406 g/mol. The number of carbonyl (C=O) groups is 2. The number of aromatic amines is 1. The number of benzene rings is 2. The molecule has 32 heavy (non-hydrogen) atoms. The smallest absolute Gasteiger partial charge is 0.308 e. The molecule has 0 unspecified atom stereocenters. The van der Waals surface area contributed by atoms with E-state index >= 15 is 0 Å². The molecule has 1 saturated heterocycles. The fraction of sp³-hybridized carbons (Fsp3) is 0.320. The van der Waals surface area contributed by atoms with Crippen LogP contribution in [0.1, 0.15) is 25.3 Å². The molecular formula is C25H27N3O4. The Morgan fingerprint density at radius 2 is 1.94 bits per heavy atom. The molecule has 0 spiro atoms. The van der Waals surface area contributed by atoms with Crippen molar-refractivity contribution in [3.8, 4) is 11.1 Å². The van der Waals surface area contributed by atoms with Gasteiger partial charge in [0.2, 0.25) is 5.91 Å². The number of piperidine rings is 1. The van der Waals surface area contributed by atoms with E-state index in [1.807, 2.05) is 43.3 Å². The van der Waals surface area contributed by atoms with Crippen molar-refractivity contribution in [1.29, 1.82) is 0 Å². The fourth-order valence-electron chi connectivity index (χ4n) is 4.41. The topological polar surface area (TPSA) is 103 Å². The van der Waals surface area contributed by atoms with E-state index in [2.05, 4.69) is 10.3 Å². The van der Waals surface area contributed by atoms with Gasteiger partial charge >= 0.3 is 5.97 Å². The van der Waals surface area contributed by atoms with Crippen LogP contribution in [0.4, 0.5) is 5.69 Å². The maximum atomic E-state index is 12.9. The summed E-state index contributed by atoms with van der Waals surface area (Å²) in [5, 5.41) is 13.8. The number of H-pyrrole nitrogens is 1. The zero-order valence-corrected chi connectivity index (χ0v) is 18.2. The summed E-state index contributed by atoms with van der Waals surface area (Å²) in [6.07, 6.45) is 3.02. The molecule has 3 N–H and O–H groups in total. The number of likely N-dealkylation sites (tertiary alicyclic amines) is 1. The van der Waals surface area contributed by atoms with Crippen molar-refractivity contribution >= 4 is 28.3 Å². The average molecular weight is 434 g/mol. The number of aryl methyl sites for hydroxylation is 1. The number of hydrogen-bond donors (Lipinski definition) is 3. The van der Waals surface area contributed by atoms with Crippen molar-refractivity contribution in [3.63, 3.8) is 0 Å². The monoisotopic (exact) mass is 433 g/mol. The third-order valence-corrected chi connectivity index (χ3v) is 6.17. The van der Waals surface area contributed by atoms with E-state index in [1.54, 1.807) is 24.1 Å². The largest absolute Gasteiger partial charge is 0.481 e. The Kier molecular flexibility index (Phi) is 5.99. The molecule has 1 amide bonds. The van der Waals surface area contributed by atoms with Crippen molar-refractivity contribution in [2.24, 2.45) is 5.92 Å². The van der Waals surface area contributed by atoms with Gasteiger partial charge < -0.3 is 20.3 Å². The lowest BCUT2D eigenvalue weighted by Gasteiger charge is -2.33. The van der Waals surface area contributed by atoms with Crippen LogP contribution in [0.25, 0.3) is 21.9 Å². The van der Waals surface area contributed by atoms with E-state index in [-0.39, 0.29) is 18.0 Å². The van der Waals surface area contributed by atoms with Gasteiger partial charge in [-0.1, -0.05) is 30.3 Å². The van der Waals surface area contributed by atoms with Crippen molar-refractivity contribution in [2.75, 3.05) is 18.4 Å². The van der Waals surface area contributed by atoms with Gasteiger partial charge in [0.25, 0.3) is 5.56 Å². The van der Waals surface area contributed by atoms with Crippen molar-refractivity contribution < 1.29 is 14.7 Å². The number of fused-ring (bicyclic) bond motifs is 1. The summed E-state index contributed by atoms with van der Waals surface area (Å²) in [6.45, 7) is 4.58. The minimum Gasteiger partial charge on any atom is -0.481 e. The maximum absolute atomic E-state index is 12.9. The van der Waals surface area contributed by atoms with E-state index in [9.17, 15) is 19.5 Å². The first-order chi connectivity index (χ1) is 15.3. The van der Waals surface area contributed by atoms with E-state index in [1.165, 1.54) is 0 Å². The van der Waals surface area contributed by atoms with Crippen LogP contribution in [0.3, 0.4) is 0 Å². The summed E-state index contributed by atoms with van der Waals surface area (Å²) in [7, 11) is 0. The highest BCUT2D eigenvalue weighted by atomic mass is 16.4. The lowest BCUT2D eigenvalue weighted by molar-refractivity contribution is -0.145. The normalized spacial score (nSPS) is 17.2. The predicted octanol–water partition coefficient (Wildman–Crippen LogP) is 3.63. The molecule has 0 aliphatic carbocycles. The van der Waals surface area contributed by atoms with Gasteiger partial charge in [0, 0.05) is 35.9 Å². The van der Waals surface area contributed by atoms with Crippen molar-refractivity contribution in [1.82, 2.24) is 9.88 Å². The number of amides is 1. The Hall–Kier alpha value is -3.61. The quantitative estimate of drug-likeness (QED) is 0.570. The number of carbonyl (C=O) groups excluding carboxylic acids is 1. The van der Waals surface area contributed by atoms with E-state index in [4.69, 9.17) is 0 Å². The highest BCUT2D eigenvalue weighted by Gasteiger charge is 2.30.